The van der Waals surface area contributed by atoms with Crippen molar-refractivity contribution in [1.82, 2.24) is 10.2 Å². The monoisotopic (exact) mass is 278 g/mol. The minimum absolute atomic E-state index is 0.394. The molecule has 1 aromatic rings. The Hall–Kier alpha value is -0.570. The van der Waals surface area contributed by atoms with Gasteiger partial charge in [-0.05, 0) is 57.3 Å². The quantitative estimate of drug-likeness (QED) is 0.911. The number of nitrogens with one attached hydrogen (secondary N) is 1. The lowest BCUT2D eigenvalue weighted by molar-refractivity contribution is 0.114. The van der Waals surface area contributed by atoms with Gasteiger partial charge < -0.3 is 10.2 Å². The molecule has 0 saturated carbocycles. The number of hydrogen-bond donors (Lipinski definition) is 1. The highest BCUT2D eigenvalue weighted by atomic mass is 35.5. The fourth-order valence-electron chi connectivity index (χ4n) is 4.10. The SMILES string of the molecule is CNC(c1ccccc1Cl)C1CC2CCC(C1)N2C. The van der Waals surface area contributed by atoms with Gasteiger partial charge in [0, 0.05) is 23.1 Å². The van der Waals surface area contributed by atoms with Crippen molar-refractivity contribution < 1.29 is 0 Å². The summed E-state index contributed by atoms with van der Waals surface area (Å²) in [6.45, 7) is 0. The van der Waals surface area contributed by atoms with Gasteiger partial charge in [-0.1, -0.05) is 29.8 Å². The molecule has 1 aromatic carbocycles. The van der Waals surface area contributed by atoms with Crippen molar-refractivity contribution in [3.8, 4) is 0 Å². The van der Waals surface area contributed by atoms with Crippen molar-refractivity contribution in [1.29, 1.82) is 0 Å². The lowest BCUT2D eigenvalue weighted by Gasteiger charge is -2.40. The lowest BCUT2D eigenvalue weighted by atomic mass is 9.82. The van der Waals surface area contributed by atoms with Crippen molar-refractivity contribution in [3.63, 3.8) is 0 Å². The van der Waals surface area contributed by atoms with Crippen molar-refractivity contribution >= 4 is 11.6 Å². The molecule has 0 spiro atoms. The second-order valence-electron chi connectivity index (χ2n) is 6.07. The molecule has 0 aromatic heterocycles. The summed E-state index contributed by atoms with van der Waals surface area (Å²) in [4.78, 5) is 2.59. The summed E-state index contributed by atoms with van der Waals surface area (Å²) >= 11 is 6.38. The third-order valence-electron chi connectivity index (χ3n) is 5.16. The van der Waals surface area contributed by atoms with Gasteiger partial charge in [-0.25, -0.2) is 0 Å². The zero-order valence-electron chi connectivity index (χ0n) is 11.8. The van der Waals surface area contributed by atoms with Crippen molar-refractivity contribution in [2.75, 3.05) is 14.1 Å². The molecule has 0 amide bonds. The molecule has 1 N–H and O–H groups in total. The largest absolute Gasteiger partial charge is 0.313 e. The summed E-state index contributed by atoms with van der Waals surface area (Å²) in [6, 6.07) is 10.2. The van der Waals surface area contributed by atoms with E-state index in [-0.39, 0.29) is 0 Å². The van der Waals surface area contributed by atoms with Gasteiger partial charge in [-0.3, -0.25) is 0 Å². The Morgan fingerprint density at radius 2 is 1.84 bits per heavy atom. The molecule has 19 heavy (non-hydrogen) atoms. The third kappa shape index (κ3) is 2.42. The Kier molecular flexibility index (Phi) is 3.84. The predicted octanol–water partition coefficient (Wildman–Crippen LogP) is 3.47. The van der Waals surface area contributed by atoms with E-state index in [1.165, 1.54) is 31.2 Å². The lowest BCUT2D eigenvalue weighted by Crippen LogP contribution is -2.43. The van der Waals surface area contributed by atoms with Crippen molar-refractivity contribution in [2.24, 2.45) is 5.92 Å². The van der Waals surface area contributed by atoms with Gasteiger partial charge in [0.25, 0.3) is 0 Å². The minimum atomic E-state index is 0.394. The average Bonchev–Trinajstić information content (AvgIpc) is 2.65. The van der Waals surface area contributed by atoms with E-state index in [4.69, 9.17) is 11.6 Å². The summed E-state index contributed by atoms with van der Waals surface area (Å²) < 4.78 is 0. The molecule has 2 bridgehead atoms. The smallest absolute Gasteiger partial charge is 0.0453 e. The van der Waals surface area contributed by atoms with Gasteiger partial charge in [-0.15, -0.1) is 0 Å². The van der Waals surface area contributed by atoms with E-state index in [1.54, 1.807) is 0 Å². The van der Waals surface area contributed by atoms with E-state index in [1.807, 2.05) is 12.1 Å². The van der Waals surface area contributed by atoms with Gasteiger partial charge in [-0.2, -0.15) is 0 Å². The molecule has 2 aliphatic heterocycles. The zero-order valence-corrected chi connectivity index (χ0v) is 12.5. The number of piperidine rings is 1. The van der Waals surface area contributed by atoms with Gasteiger partial charge >= 0.3 is 0 Å². The number of halogens is 1. The zero-order chi connectivity index (χ0) is 13.4. The Balaban J connectivity index is 1.82. The van der Waals surface area contributed by atoms with Crippen LogP contribution in [-0.2, 0) is 0 Å². The van der Waals surface area contributed by atoms with E-state index in [0.29, 0.717) is 12.0 Å². The number of rotatable bonds is 3. The number of hydrogen-bond acceptors (Lipinski definition) is 2. The van der Waals surface area contributed by atoms with Crippen LogP contribution in [0.5, 0.6) is 0 Å². The summed E-state index contributed by atoms with van der Waals surface area (Å²) in [6.07, 6.45) is 5.33. The van der Waals surface area contributed by atoms with Gasteiger partial charge in [0.05, 0.1) is 0 Å². The molecule has 0 radical (unpaired) electrons. The Morgan fingerprint density at radius 3 is 2.42 bits per heavy atom. The van der Waals surface area contributed by atoms with Crippen molar-refractivity contribution in [2.45, 2.75) is 43.8 Å². The highest BCUT2D eigenvalue weighted by molar-refractivity contribution is 6.31. The van der Waals surface area contributed by atoms with Crippen LogP contribution in [0.4, 0.5) is 0 Å². The highest BCUT2D eigenvalue weighted by Crippen LogP contribution is 2.43. The maximum absolute atomic E-state index is 6.38. The molecule has 2 aliphatic rings. The molecule has 3 rings (SSSR count). The maximum atomic E-state index is 6.38. The Labute approximate surface area is 121 Å². The summed E-state index contributed by atoms with van der Waals surface area (Å²) in [5.41, 5.74) is 1.26. The molecule has 3 atom stereocenters. The maximum Gasteiger partial charge on any atom is 0.0453 e. The van der Waals surface area contributed by atoms with E-state index in [2.05, 4.69) is 36.4 Å². The standard InChI is InChI=1S/C16H23ClN2/c1-18-16(14-5-3-4-6-15(14)17)11-9-12-7-8-13(10-11)19(12)2/h3-6,11-13,16,18H,7-10H2,1-2H3. The van der Waals surface area contributed by atoms with Gasteiger partial charge in [0.1, 0.15) is 0 Å². The molecule has 3 unspecified atom stereocenters. The number of benzene rings is 1. The topological polar surface area (TPSA) is 15.3 Å². The number of nitrogens with zero attached hydrogens (tertiary/aromatic N) is 1. The normalized spacial score (nSPS) is 32.5. The van der Waals surface area contributed by atoms with E-state index in [9.17, 15) is 0 Å². The molecule has 2 fully saturated rings. The molecular weight excluding hydrogens is 256 g/mol. The van der Waals surface area contributed by atoms with E-state index in [0.717, 1.165) is 17.1 Å². The van der Waals surface area contributed by atoms with Crippen molar-refractivity contribution in [3.05, 3.63) is 34.9 Å². The first-order valence-electron chi connectivity index (χ1n) is 7.34. The molecular formula is C16H23ClN2. The van der Waals surface area contributed by atoms with Crippen LogP contribution in [0.1, 0.15) is 37.3 Å². The van der Waals surface area contributed by atoms with Crippen LogP contribution in [0.2, 0.25) is 5.02 Å². The molecule has 2 heterocycles. The van der Waals surface area contributed by atoms with Gasteiger partial charge in [0.15, 0.2) is 0 Å². The molecule has 104 valence electrons. The third-order valence-corrected chi connectivity index (χ3v) is 5.50. The van der Waals surface area contributed by atoms with E-state index < -0.39 is 0 Å². The van der Waals surface area contributed by atoms with Crippen LogP contribution < -0.4 is 5.32 Å². The average molecular weight is 279 g/mol. The first-order chi connectivity index (χ1) is 9.20. The minimum Gasteiger partial charge on any atom is -0.313 e. The summed E-state index contributed by atoms with van der Waals surface area (Å²) in [5.74, 6) is 0.707. The second kappa shape index (κ2) is 5.43. The highest BCUT2D eigenvalue weighted by Gasteiger charge is 2.41. The Bertz CT molecular complexity index is 434. The summed E-state index contributed by atoms with van der Waals surface area (Å²) in [5, 5.41) is 4.41. The molecule has 2 saturated heterocycles. The second-order valence-corrected chi connectivity index (χ2v) is 6.48. The predicted molar refractivity (Wildman–Crippen MR) is 80.5 cm³/mol. The first kappa shape index (κ1) is 13.4. The van der Waals surface area contributed by atoms with E-state index >= 15 is 0 Å². The first-order valence-corrected chi connectivity index (χ1v) is 7.72. The fourth-order valence-corrected chi connectivity index (χ4v) is 4.35. The van der Waals surface area contributed by atoms with Crippen LogP contribution in [0, 0.1) is 5.92 Å². The van der Waals surface area contributed by atoms with Crippen LogP contribution >= 0.6 is 11.6 Å². The number of fused-ring (bicyclic) bond motifs is 2. The van der Waals surface area contributed by atoms with Crippen LogP contribution in [0.25, 0.3) is 0 Å². The Morgan fingerprint density at radius 1 is 1.21 bits per heavy atom. The van der Waals surface area contributed by atoms with Crippen LogP contribution in [-0.4, -0.2) is 31.1 Å². The molecule has 3 heteroatoms. The van der Waals surface area contributed by atoms with Gasteiger partial charge in [0.2, 0.25) is 0 Å². The molecule has 0 aliphatic carbocycles. The van der Waals surface area contributed by atoms with Crippen LogP contribution in [0.3, 0.4) is 0 Å². The van der Waals surface area contributed by atoms with Crippen LogP contribution in [0.15, 0.2) is 24.3 Å². The summed E-state index contributed by atoms with van der Waals surface area (Å²) in [7, 11) is 4.36. The fraction of sp³-hybridized carbons (Fsp3) is 0.625. The molecule has 2 nitrogen and oxygen atoms in total.